The molecular weight excluding hydrogens is 210 g/mol. The maximum Gasteiger partial charge on any atom is 0.256 e. The molecule has 0 fully saturated rings. The molecule has 0 aliphatic heterocycles. The number of carbonyl (C=O) groups excluding carboxylic acids is 1. The van der Waals surface area contributed by atoms with Gasteiger partial charge in [0.15, 0.2) is 0 Å². The number of furan rings is 1. The zero-order chi connectivity index (χ0) is 10.6. The first-order valence-corrected chi connectivity index (χ1v) is 4.33. The molecule has 78 valence electrons. The SMILES string of the molecule is O=C(NCC(O)CO)c1ccoc1Cl. The molecule has 14 heavy (non-hydrogen) atoms. The third-order valence-electron chi connectivity index (χ3n) is 1.57. The molecule has 1 atom stereocenters. The fourth-order valence-corrected chi connectivity index (χ4v) is 1.03. The molecule has 3 N–H and O–H groups in total. The Labute approximate surface area is 85.3 Å². The molecule has 0 radical (unpaired) electrons. The lowest BCUT2D eigenvalue weighted by Gasteiger charge is -2.07. The van der Waals surface area contributed by atoms with E-state index < -0.39 is 18.6 Å². The monoisotopic (exact) mass is 219 g/mol. The summed E-state index contributed by atoms with van der Waals surface area (Å²) in [5.74, 6) is -0.448. The zero-order valence-electron chi connectivity index (χ0n) is 7.24. The maximum absolute atomic E-state index is 11.3. The van der Waals surface area contributed by atoms with Crippen LogP contribution in [-0.4, -0.2) is 35.4 Å². The second kappa shape index (κ2) is 4.99. The van der Waals surface area contributed by atoms with Gasteiger partial charge in [0.05, 0.1) is 24.5 Å². The summed E-state index contributed by atoms with van der Waals surface area (Å²) in [5, 5.41) is 19.8. The summed E-state index contributed by atoms with van der Waals surface area (Å²) in [6, 6.07) is 1.42. The zero-order valence-corrected chi connectivity index (χ0v) is 7.99. The average molecular weight is 220 g/mol. The number of amides is 1. The topological polar surface area (TPSA) is 82.7 Å². The van der Waals surface area contributed by atoms with Crippen LogP contribution in [0.1, 0.15) is 10.4 Å². The van der Waals surface area contributed by atoms with Gasteiger partial charge >= 0.3 is 0 Å². The Bertz CT molecular complexity index is 312. The first-order chi connectivity index (χ1) is 6.65. The van der Waals surface area contributed by atoms with Gasteiger partial charge in [-0.1, -0.05) is 0 Å². The van der Waals surface area contributed by atoms with E-state index >= 15 is 0 Å². The van der Waals surface area contributed by atoms with Crippen LogP contribution in [0.4, 0.5) is 0 Å². The minimum atomic E-state index is -0.968. The van der Waals surface area contributed by atoms with Crippen LogP contribution in [0.2, 0.25) is 5.22 Å². The highest BCUT2D eigenvalue weighted by Gasteiger charge is 2.13. The highest BCUT2D eigenvalue weighted by molar-refractivity contribution is 6.32. The molecule has 0 aromatic carbocycles. The Kier molecular flexibility index (Phi) is 3.94. The van der Waals surface area contributed by atoms with Gasteiger partial charge in [-0.25, -0.2) is 0 Å². The third-order valence-corrected chi connectivity index (χ3v) is 1.86. The van der Waals surface area contributed by atoms with E-state index in [1.807, 2.05) is 0 Å². The lowest BCUT2D eigenvalue weighted by molar-refractivity contribution is 0.0801. The van der Waals surface area contributed by atoms with E-state index in [1.54, 1.807) is 0 Å². The molecule has 1 heterocycles. The molecule has 1 rings (SSSR count). The number of halogens is 1. The van der Waals surface area contributed by atoms with Crippen LogP contribution >= 0.6 is 11.6 Å². The summed E-state index contributed by atoms with van der Waals surface area (Å²) >= 11 is 5.54. The van der Waals surface area contributed by atoms with Crippen LogP contribution in [0.5, 0.6) is 0 Å². The van der Waals surface area contributed by atoms with Crippen molar-refractivity contribution in [2.24, 2.45) is 0 Å². The Morgan fingerprint density at radius 3 is 2.93 bits per heavy atom. The normalized spacial score (nSPS) is 12.5. The van der Waals surface area contributed by atoms with Gasteiger partial charge in [-0.05, 0) is 17.7 Å². The summed E-state index contributed by atoms with van der Waals surface area (Å²) in [4.78, 5) is 11.3. The summed E-state index contributed by atoms with van der Waals surface area (Å²) in [6.07, 6.45) is 0.323. The lowest BCUT2D eigenvalue weighted by atomic mass is 10.3. The molecule has 0 aliphatic carbocycles. The molecule has 5 nitrogen and oxygen atoms in total. The van der Waals surface area contributed by atoms with Crippen molar-refractivity contribution >= 4 is 17.5 Å². The van der Waals surface area contributed by atoms with Gasteiger partial charge in [0.2, 0.25) is 5.22 Å². The second-order valence-corrected chi connectivity index (χ2v) is 3.00. The van der Waals surface area contributed by atoms with Crippen molar-refractivity contribution in [2.45, 2.75) is 6.10 Å². The van der Waals surface area contributed by atoms with Crippen molar-refractivity contribution < 1.29 is 19.4 Å². The number of hydrogen-bond acceptors (Lipinski definition) is 4. The Morgan fingerprint density at radius 1 is 1.71 bits per heavy atom. The van der Waals surface area contributed by atoms with Crippen molar-refractivity contribution in [3.63, 3.8) is 0 Å². The van der Waals surface area contributed by atoms with Crippen molar-refractivity contribution in [2.75, 3.05) is 13.2 Å². The van der Waals surface area contributed by atoms with Gasteiger partial charge in [-0.3, -0.25) is 4.79 Å². The van der Waals surface area contributed by atoms with Crippen LogP contribution in [0, 0.1) is 0 Å². The van der Waals surface area contributed by atoms with E-state index in [-0.39, 0.29) is 17.3 Å². The van der Waals surface area contributed by atoms with Crippen molar-refractivity contribution in [3.8, 4) is 0 Å². The van der Waals surface area contributed by atoms with Gasteiger partial charge in [-0.15, -0.1) is 0 Å². The summed E-state index contributed by atoms with van der Waals surface area (Å²) in [7, 11) is 0. The first-order valence-electron chi connectivity index (χ1n) is 3.95. The highest BCUT2D eigenvalue weighted by Crippen LogP contribution is 2.15. The minimum Gasteiger partial charge on any atom is -0.452 e. The van der Waals surface area contributed by atoms with Crippen molar-refractivity contribution in [3.05, 3.63) is 23.1 Å². The van der Waals surface area contributed by atoms with Crippen LogP contribution in [-0.2, 0) is 0 Å². The molecule has 1 aromatic heterocycles. The molecule has 1 aromatic rings. The van der Waals surface area contributed by atoms with Gasteiger partial charge in [0.1, 0.15) is 0 Å². The summed E-state index contributed by atoms with van der Waals surface area (Å²) in [6.45, 7) is -0.434. The fraction of sp³-hybridized carbons (Fsp3) is 0.375. The van der Waals surface area contributed by atoms with Gasteiger partial charge in [0.25, 0.3) is 5.91 Å². The first kappa shape index (κ1) is 11.0. The number of rotatable bonds is 4. The average Bonchev–Trinajstić information content (AvgIpc) is 2.60. The fourth-order valence-electron chi connectivity index (χ4n) is 0.826. The lowest BCUT2D eigenvalue weighted by Crippen LogP contribution is -2.33. The number of aliphatic hydroxyl groups excluding tert-OH is 2. The molecule has 6 heteroatoms. The van der Waals surface area contributed by atoms with Crippen LogP contribution in [0.3, 0.4) is 0 Å². The Morgan fingerprint density at radius 2 is 2.43 bits per heavy atom. The van der Waals surface area contributed by atoms with Crippen LogP contribution in [0.15, 0.2) is 16.7 Å². The molecule has 0 saturated heterocycles. The van der Waals surface area contributed by atoms with Crippen LogP contribution in [0.25, 0.3) is 0 Å². The van der Waals surface area contributed by atoms with Crippen LogP contribution < -0.4 is 5.32 Å². The smallest absolute Gasteiger partial charge is 0.256 e. The van der Waals surface area contributed by atoms with E-state index in [1.165, 1.54) is 12.3 Å². The number of hydrogen-bond donors (Lipinski definition) is 3. The molecular formula is C8H10ClNO4. The number of carbonyl (C=O) groups is 1. The van der Waals surface area contributed by atoms with Gasteiger partial charge in [0, 0.05) is 6.54 Å². The van der Waals surface area contributed by atoms with Gasteiger partial charge in [-0.2, -0.15) is 0 Å². The molecule has 0 bridgehead atoms. The predicted octanol–water partition coefficient (Wildman–Crippen LogP) is 0.0160. The van der Waals surface area contributed by atoms with E-state index in [2.05, 4.69) is 5.32 Å². The molecule has 1 amide bonds. The molecule has 1 unspecified atom stereocenters. The number of nitrogens with one attached hydrogen (secondary N) is 1. The molecule has 0 aliphatic rings. The van der Waals surface area contributed by atoms with Crippen molar-refractivity contribution in [1.82, 2.24) is 5.32 Å². The molecule has 0 saturated carbocycles. The summed E-state index contributed by atoms with van der Waals surface area (Å²) < 4.78 is 4.71. The van der Waals surface area contributed by atoms with E-state index in [0.29, 0.717) is 0 Å². The van der Waals surface area contributed by atoms with E-state index in [9.17, 15) is 4.79 Å². The quantitative estimate of drug-likeness (QED) is 0.667. The maximum atomic E-state index is 11.3. The predicted molar refractivity (Wildman–Crippen MR) is 49.1 cm³/mol. The minimum absolute atomic E-state index is 0.000915. The third kappa shape index (κ3) is 2.73. The highest BCUT2D eigenvalue weighted by atomic mass is 35.5. The Balaban J connectivity index is 2.47. The summed E-state index contributed by atoms with van der Waals surface area (Å²) in [5.41, 5.74) is 0.205. The molecule has 0 spiro atoms. The van der Waals surface area contributed by atoms with Gasteiger partial charge < -0.3 is 19.9 Å². The standard InChI is InChI=1S/C8H10ClNO4/c9-7-6(1-2-14-7)8(13)10-3-5(12)4-11/h1-2,5,11-12H,3-4H2,(H,10,13). The van der Waals surface area contributed by atoms with Crippen molar-refractivity contribution in [1.29, 1.82) is 0 Å². The van der Waals surface area contributed by atoms with E-state index in [4.69, 9.17) is 26.2 Å². The Hall–Kier alpha value is -1.04. The largest absolute Gasteiger partial charge is 0.452 e. The number of aliphatic hydroxyl groups is 2. The van der Waals surface area contributed by atoms with E-state index in [0.717, 1.165) is 0 Å². The second-order valence-electron chi connectivity index (χ2n) is 2.65.